The van der Waals surface area contributed by atoms with Gasteiger partial charge in [-0.15, -0.1) is 5.10 Å². The number of carbonyl (C=O) groups excluding carboxylic acids is 1. The number of methoxy groups -OCH3 is 1. The van der Waals surface area contributed by atoms with Crippen molar-refractivity contribution in [1.82, 2.24) is 20.6 Å². The van der Waals surface area contributed by atoms with E-state index in [0.29, 0.717) is 23.7 Å². The van der Waals surface area contributed by atoms with Crippen LogP contribution >= 0.6 is 0 Å². The van der Waals surface area contributed by atoms with Crippen molar-refractivity contribution in [3.63, 3.8) is 0 Å². The smallest absolute Gasteiger partial charge is 0.342 e. The number of aromatic nitrogens is 3. The highest BCUT2D eigenvalue weighted by atomic mass is 16.5. The van der Waals surface area contributed by atoms with Gasteiger partial charge in [-0.3, -0.25) is 14.6 Å². The lowest BCUT2D eigenvalue weighted by Gasteiger charge is -2.11. The minimum absolute atomic E-state index is 0.0349. The molecular formula is C21H22N6O5. The monoisotopic (exact) mass is 438 g/mol. The summed E-state index contributed by atoms with van der Waals surface area (Å²) in [4.78, 5) is 36.3. The molecule has 0 aliphatic carbocycles. The maximum atomic E-state index is 11.9. The van der Waals surface area contributed by atoms with Crippen molar-refractivity contribution >= 4 is 17.9 Å². The van der Waals surface area contributed by atoms with Crippen LogP contribution in [0.15, 0.2) is 63.2 Å². The minimum Gasteiger partial charge on any atom is -0.493 e. The van der Waals surface area contributed by atoms with Gasteiger partial charge in [0, 0.05) is 13.0 Å². The maximum absolute atomic E-state index is 11.9. The second-order valence-electron chi connectivity index (χ2n) is 6.51. The topological polar surface area (TPSA) is 151 Å². The van der Waals surface area contributed by atoms with Gasteiger partial charge in [0.2, 0.25) is 11.7 Å². The summed E-state index contributed by atoms with van der Waals surface area (Å²) < 4.78 is 11.2. The number of hydrogen-bond donors (Lipinski definition) is 4. The van der Waals surface area contributed by atoms with E-state index in [1.165, 1.54) is 6.21 Å². The zero-order valence-electron chi connectivity index (χ0n) is 17.3. The molecule has 0 aliphatic heterocycles. The number of hydrogen-bond acceptors (Lipinski definition) is 8. The number of rotatable bonds is 10. The van der Waals surface area contributed by atoms with E-state index < -0.39 is 11.2 Å². The summed E-state index contributed by atoms with van der Waals surface area (Å²) in [7, 11) is 1.54. The van der Waals surface area contributed by atoms with Crippen molar-refractivity contribution in [3.05, 3.63) is 80.5 Å². The number of ether oxygens (including phenoxy) is 2. The van der Waals surface area contributed by atoms with Gasteiger partial charge in [0.15, 0.2) is 11.5 Å². The quantitative estimate of drug-likeness (QED) is 0.272. The lowest BCUT2D eigenvalue weighted by Crippen LogP contribution is -2.28. The van der Waals surface area contributed by atoms with Crippen LogP contribution in [0.4, 0.5) is 5.82 Å². The molecule has 3 rings (SSSR count). The minimum atomic E-state index is -0.708. The van der Waals surface area contributed by atoms with Crippen LogP contribution in [0.25, 0.3) is 0 Å². The number of aromatic amines is 2. The van der Waals surface area contributed by atoms with E-state index in [9.17, 15) is 14.4 Å². The molecule has 0 radical (unpaired) electrons. The second kappa shape index (κ2) is 11.1. The van der Waals surface area contributed by atoms with Crippen molar-refractivity contribution in [1.29, 1.82) is 0 Å². The third-order valence-electron chi connectivity index (χ3n) is 4.18. The Bertz CT molecular complexity index is 1190. The molecule has 0 atom stereocenters. The number of carbonyl (C=O) groups is 1. The van der Waals surface area contributed by atoms with E-state index in [2.05, 4.69) is 26.0 Å². The van der Waals surface area contributed by atoms with Gasteiger partial charge in [0.25, 0.3) is 5.56 Å². The summed E-state index contributed by atoms with van der Waals surface area (Å²) in [5.41, 5.74) is 2.76. The number of anilines is 1. The fourth-order valence-corrected chi connectivity index (χ4v) is 2.62. The fraction of sp³-hybridized carbons (Fsp3) is 0.190. The molecule has 0 saturated heterocycles. The Morgan fingerprint density at radius 2 is 1.97 bits per heavy atom. The van der Waals surface area contributed by atoms with Crippen LogP contribution in [0, 0.1) is 0 Å². The molecule has 32 heavy (non-hydrogen) atoms. The van der Waals surface area contributed by atoms with E-state index >= 15 is 0 Å². The molecule has 0 fully saturated rings. The Morgan fingerprint density at radius 3 is 2.72 bits per heavy atom. The number of nitrogens with zero attached hydrogens (tertiary/aromatic N) is 2. The van der Waals surface area contributed by atoms with E-state index in [1.807, 2.05) is 35.3 Å². The average Bonchev–Trinajstić information content (AvgIpc) is 2.80. The van der Waals surface area contributed by atoms with Crippen molar-refractivity contribution in [3.8, 4) is 11.5 Å². The Morgan fingerprint density at radius 1 is 1.16 bits per heavy atom. The molecule has 0 saturated carbocycles. The summed E-state index contributed by atoms with van der Waals surface area (Å²) in [5, 5.41) is 12.2. The first-order valence-electron chi connectivity index (χ1n) is 9.64. The Hall–Kier alpha value is -4.41. The van der Waals surface area contributed by atoms with Crippen molar-refractivity contribution in [2.24, 2.45) is 5.10 Å². The molecule has 4 N–H and O–H groups in total. The molecule has 0 bridgehead atoms. The first kappa shape index (κ1) is 22.3. The fourth-order valence-electron chi connectivity index (χ4n) is 2.62. The van der Waals surface area contributed by atoms with Gasteiger partial charge in [-0.05, 0) is 29.3 Å². The molecule has 1 heterocycles. The van der Waals surface area contributed by atoms with Crippen molar-refractivity contribution < 1.29 is 14.3 Å². The van der Waals surface area contributed by atoms with Gasteiger partial charge in [-0.2, -0.15) is 5.10 Å². The summed E-state index contributed by atoms with van der Waals surface area (Å²) in [6, 6.07) is 15.1. The third-order valence-corrected chi connectivity index (χ3v) is 4.18. The first-order chi connectivity index (χ1) is 15.5. The van der Waals surface area contributed by atoms with Gasteiger partial charge in [0.1, 0.15) is 6.61 Å². The molecule has 2 aromatic carbocycles. The highest BCUT2D eigenvalue weighted by Gasteiger charge is 2.06. The average molecular weight is 438 g/mol. The van der Waals surface area contributed by atoms with Gasteiger partial charge in [0.05, 0.1) is 13.3 Å². The molecule has 3 aromatic rings. The standard InChI is InChI=1S/C21H22N6O5/c1-31-17-11-15(7-8-16(17)32-13-14-5-3-2-4-6-14)12-23-25-18(28)9-10-22-19-20(29)24-21(30)27-26-19/h2-8,11-12H,9-10,13H2,1H3,(H,22,26)(H,25,28)(H2,24,27,29,30)/b23-12-. The summed E-state index contributed by atoms with van der Waals surface area (Å²) in [6.07, 6.45) is 1.51. The summed E-state index contributed by atoms with van der Waals surface area (Å²) in [5.74, 6) is 0.681. The summed E-state index contributed by atoms with van der Waals surface area (Å²) in [6.45, 7) is 0.542. The van der Waals surface area contributed by atoms with Crippen LogP contribution in [-0.2, 0) is 11.4 Å². The Balaban J connectivity index is 1.48. The van der Waals surface area contributed by atoms with E-state index in [4.69, 9.17) is 9.47 Å². The van der Waals surface area contributed by atoms with Crippen LogP contribution in [0.1, 0.15) is 17.5 Å². The Kier molecular flexibility index (Phi) is 7.73. The Labute approximate surface area is 182 Å². The number of amides is 1. The first-order valence-corrected chi connectivity index (χ1v) is 9.64. The van der Waals surface area contributed by atoms with Crippen LogP contribution in [-0.4, -0.2) is 41.0 Å². The number of hydrazone groups is 1. The van der Waals surface area contributed by atoms with Gasteiger partial charge >= 0.3 is 5.69 Å². The highest BCUT2D eigenvalue weighted by molar-refractivity contribution is 5.83. The molecule has 11 nitrogen and oxygen atoms in total. The third kappa shape index (κ3) is 6.55. The van der Waals surface area contributed by atoms with Crippen molar-refractivity contribution in [2.75, 3.05) is 19.0 Å². The van der Waals surface area contributed by atoms with Gasteiger partial charge < -0.3 is 14.8 Å². The molecule has 1 amide bonds. The molecule has 0 spiro atoms. The zero-order valence-corrected chi connectivity index (χ0v) is 17.3. The molecule has 1 aromatic heterocycles. The number of nitrogens with one attached hydrogen (secondary N) is 4. The number of H-pyrrole nitrogens is 2. The van der Waals surface area contributed by atoms with E-state index in [1.54, 1.807) is 25.3 Å². The van der Waals surface area contributed by atoms with Crippen LogP contribution in [0.5, 0.6) is 11.5 Å². The van der Waals surface area contributed by atoms with Crippen LogP contribution in [0.3, 0.4) is 0 Å². The molecule has 166 valence electrons. The molecular weight excluding hydrogens is 416 g/mol. The lowest BCUT2D eigenvalue weighted by atomic mass is 10.2. The normalized spacial score (nSPS) is 10.7. The van der Waals surface area contributed by atoms with E-state index in [0.717, 1.165) is 5.56 Å². The second-order valence-corrected chi connectivity index (χ2v) is 6.51. The molecule has 0 aliphatic rings. The SMILES string of the molecule is COc1cc(/C=N\NC(=O)CCNc2n[nH]c(=O)[nH]c2=O)ccc1OCc1ccccc1. The summed E-state index contributed by atoms with van der Waals surface area (Å²) >= 11 is 0. The van der Waals surface area contributed by atoms with Crippen LogP contribution < -0.4 is 31.5 Å². The molecule has 11 heteroatoms. The predicted molar refractivity (Wildman–Crippen MR) is 118 cm³/mol. The zero-order chi connectivity index (χ0) is 22.8. The maximum Gasteiger partial charge on any atom is 0.342 e. The van der Waals surface area contributed by atoms with Gasteiger partial charge in [-0.1, -0.05) is 30.3 Å². The molecule has 0 unspecified atom stereocenters. The largest absolute Gasteiger partial charge is 0.493 e. The van der Waals surface area contributed by atoms with Gasteiger partial charge in [-0.25, -0.2) is 15.3 Å². The van der Waals surface area contributed by atoms with E-state index in [-0.39, 0.29) is 24.7 Å². The lowest BCUT2D eigenvalue weighted by molar-refractivity contribution is -0.120. The number of benzene rings is 2. The van der Waals surface area contributed by atoms with Crippen LogP contribution in [0.2, 0.25) is 0 Å². The highest BCUT2D eigenvalue weighted by Crippen LogP contribution is 2.28. The predicted octanol–water partition coefficient (Wildman–Crippen LogP) is 0.998. The van der Waals surface area contributed by atoms with Crippen molar-refractivity contribution in [2.45, 2.75) is 13.0 Å².